The summed E-state index contributed by atoms with van der Waals surface area (Å²) in [6.45, 7) is 4.03. The van der Waals surface area contributed by atoms with Gasteiger partial charge in [0.25, 0.3) is 0 Å². The molecule has 2 aromatic carbocycles. The van der Waals surface area contributed by atoms with Crippen molar-refractivity contribution in [1.29, 1.82) is 0 Å². The van der Waals surface area contributed by atoms with E-state index in [-0.39, 0.29) is 6.79 Å². The molecule has 2 heteroatoms. The van der Waals surface area contributed by atoms with Gasteiger partial charge < -0.3 is 9.47 Å². The van der Waals surface area contributed by atoms with Crippen LogP contribution in [-0.4, -0.2) is 13.9 Å². The van der Waals surface area contributed by atoms with E-state index in [4.69, 9.17) is 9.47 Å². The Kier molecular flexibility index (Phi) is 3.22. The molecule has 0 saturated carbocycles. The zero-order valence-electron chi connectivity index (χ0n) is 9.27. The minimum atomic E-state index is 0.245. The first kappa shape index (κ1) is 10.7. The van der Waals surface area contributed by atoms with E-state index in [1.165, 1.54) is 0 Å². The van der Waals surface area contributed by atoms with Gasteiger partial charge in [0, 0.05) is 18.1 Å². The minimum absolute atomic E-state index is 0.245. The molecule has 0 unspecified atom stereocenters. The normalized spacial score (nSPS) is 10.3. The fourth-order valence-corrected chi connectivity index (χ4v) is 1.70. The van der Waals surface area contributed by atoms with Gasteiger partial charge >= 0.3 is 0 Å². The number of fused-ring (bicyclic) bond motifs is 1. The summed E-state index contributed by atoms with van der Waals surface area (Å²) in [6.07, 6.45) is 1.79. The quantitative estimate of drug-likeness (QED) is 0.725. The Morgan fingerprint density at radius 2 is 2.00 bits per heavy atom. The van der Waals surface area contributed by atoms with Crippen molar-refractivity contribution < 1.29 is 9.47 Å². The molecule has 82 valence electrons. The zero-order chi connectivity index (χ0) is 11.4. The second-order valence-corrected chi connectivity index (χ2v) is 3.46. The molecule has 0 atom stereocenters. The Morgan fingerprint density at radius 1 is 1.19 bits per heavy atom. The molecule has 2 aromatic rings. The van der Waals surface area contributed by atoms with Crippen LogP contribution >= 0.6 is 0 Å². The summed E-state index contributed by atoms with van der Waals surface area (Å²) in [5, 5.41) is 2.23. The summed E-state index contributed by atoms with van der Waals surface area (Å²) < 4.78 is 10.5. The first-order valence-electron chi connectivity index (χ1n) is 5.12. The first-order valence-corrected chi connectivity index (χ1v) is 5.12. The molecule has 0 amide bonds. The zero-order valence-corrected chi connectivity index (χ0v) is 9.27. The van der Waals surface area contributed by atoms with Crippen LogP contribution in [0.15, 0.2) is 43.0 Å². The minimum Gasteiger partial charge on any atom is -0.466 e. The molecule has 16 heavy (non-hydrogen) atoms. The van der Waals surface area contributed by atoms with Gasteiger partial charge in [0.05, 0.1) is 0 Å². The third-order valence-electron chi connectivity index (χ3n) is 2.45. The van der Waals surface area contributed by atoms with E-state index in [2.05, 4.69) is 18.7 Å². The van der Waals surface area contributed by atoms with Crippen LogP contribution in [0.4, 0.5) is 0 Å². The maximum absolute atomic E-state index is 5.60. The number of benzene rings is 2. The van der Waals surface area contributed by atoms with Crippen LogP contribution in [0.2, 0.25) is 0 Å². The highest BCUT2D eigenvalue weighted by Gasteiger charge is 2.05. The van der Waals surface area contributed by atoms with Crippen LogP contribution in [0.25, 0.3) is 16.8 Å². The van der Waals surface area contributed by atoms with E-state index < -0.39 is 0 Å². The van der Waals surface area contributed by atoms with Crippen LogP contribution < -0.4 is 4.74 Å². The smallest absolute Gasteiger partial charge is 0.188 e. The fourth-order valence-electron chi connectivity index (χ4n) is 1.70. The standard InChI is InChI=1S/C14H14O2/c1-3-11-8-9-12-6-4-5-7-13(12)14(11)16-10-15-2/h3-9H,1,10H2,2H3. The summed E-state index contributed by atoms with van der Waals surface area (Å²) in [4.78, 5) is 0. The molecule has 0 heterocycles. The van der Waals surface area contributed by atoms with E-state index in [1.807, 2.05) is 24.3 Å². The largest absolute Gasteiger partial charge is 0.466 e. The maximum Gasteiger partial charge on any atom is 0.188 e. The van der Waals surface area contributed by atoms with Crippen LogP contribution in [0.3, 0.4) is 0 Å². The molecule has 0 aromatic heterocycles. The molecule has 0 aliphatic carbocycles. The second-order valence-electron chi connectivity index (χ2n) is 3.46. The predicted octanol–water partition coefficient (Wildman–Crippen LogP) is 3.47. The number of hydrogen-bond donors (Lipinski definition) is 0. The van der Waals surface area contributed by atoms with Gasteiger partial charge in [-0.3, -0.25) is 0 Å². The van der Waals surface area contributed by atoms with E-state index in [1.54, 1.807) is 13.2 Å². The molecule has 2 rings (SSSR count). The fraction of sp³-hybridized carbons (Fsp3) is 0.143. The lowest BCUT2D eigenvalue weighted by atomic mass is 10.1. The van der Waals surface area contributed by atoms with E-state index >= 15 is 0 Å². The van der Waals surface area contributed by atoms with Crippen molar-refractivity contribution in [3.63, 3.8) is 0 Å². The Hall–Kier alpha value is -1.80. The lowest BCUT2D eigenvalue weighted by molar-refractivity contribution is 0.0521. The van der Waals surface area contributed by atoms with Gasteiger partial charge in [-0.1, -0.05) is 49.1 Å². The first-order chi connectivity index (χ1) is 7.86. The van der Waals surface area contributed by atoms with Crippen molar-refractivity contribution in [2.45, 2.75) is 0 Å². The predicted molar refractivity (Wildman–Crippen MR) is 66.5 cm³/mol. The van der Waals surface area contributed by atoms with Crippen molar-refractivity contribution in [3.8, 4) is 5.75 Å². The summed E-state index contributed by atoms with van der Waals surface area (Å²) >= 11 is 0. The van der Waals surface area contributed by atoms with Crippen molar-refractivity contribution in [3.05, 3.63) is 48.5 Å². The van der Waals surface area contributed by atoms with Crippen molar-refractivity contribution >= 4 is 16.8 Å². The topological polar surface area (TPSA) is 18.5 Å². The SMILES string of the molecule is C=Cc1ccc2ccccc2c1OCOC. The van der Waals surface area contributed by atoms with Crippen LogP contribution in [-0.2, 0) is 4.74 Å². The van der Waals surface area contributed by atoms with E-state index in [0.717, 1.165) is 22.1 Å². The maximum atomic E-state index is 5.60. The molecule has 0 aliphatic heterocycles. The number of ether oxygens (including phenoxy) is 2. The number of hydrogen-bond acceptors (Lipinski definition) is 2. The Morgan fingerprint density at radius 3 is 2.75 bits per heavy atom. The average Bonchev–Trinajstić information content (AvgIpc) is 2.35. The molecule has 2 nitrogen and oxygen atoms in total. The summed E-state index contributed by atoms with van der Waals surface area (Å²) in [5.74, 6) is 0.829. The van der Waals surface area contributed by atoms with E-state index in [9.17, 15) is 0 Å². The second kappa shape index (κ2) is 4.81. The van der Waals surface area contributed by atoms with E-state index in [0.29, 0.717) is 0 Å². The van der Waals surface area contributed by atoms with Gasteiger partial charge in [-0.25, -0.2) is 0 Å². The molecule has 0 bridgehead atoms. The molecule has 0 fully saturated rings. The summed E-state index contributed by atoms with van der Waals surface area (Å²) in [7, 11) is 1.61. The number of methoxy groups -OCH3 is 1. The monoisotopic (exact) mass is 214 g/mol. The Balaban J connectivity index is 2.58. The van der Waals surface area contributed by atoms with Gasteiger partial charge in [-0.15, -0.1) is 0 Å². The summed E-state index contributed by atoms with van der Waals surface area (Å²) in [6, 6.07) is 12.2. The molecular formula is C14H14O2. The molecule has 0 aliphatic rings. The van der Waals surface area contributed by atoms with Crippen molar-refractivity contribution in [2.75, 3.05) is 13.9 Å². The third kappa shape index (κ3) is 1.92. The molecule has 0 N–H and O–H groups in total. The van der Waals surface area contributed by atoms with Crippen LogP contribution in [0, 0.1) is 0 Å². The van der Waals surface area contributed by atoms with Crippen LogP contribution in [0.5, 0.6) is 5.75 Å². The lowest BCUT2D eigenvalue weighted by Crippen LogP contribution is -2.00. The molecule has 0 spiro atoms. The summed E-state index contributed by atoms with van der Waals surface area (Å²) in [5.41, 5.74) is 0.982. The number of rotatable bonds is 4. The highest BCUT2D eigenvalue weighted by atomic mass is 16.7. The lowest BCUT2D eigenvalue weighted by Gasteiger charge is -2.11. The van der Waals surface area contributed by atoms with Gasteiger partial charge in [-0.2, -0.15) is 0 Å². The Labute approximate surface area is 95.1 Å². The third-order valence-corrected chi connectivity index (χ3v) is 2.45. The molecule has 0 radical (unpaired) electrons. The highest BCUT2D eigenvalue weighted by molar-refractivity contribution is 5.91. The van der Waals surface area contributed by atoms with Gasteiger partial charge in [0.2, 0.25) is 0 Å². The van der Waals surface area contributed by atoms with Gasteiger partial charge in [0.15, 0.2) is 6.79 Å². The van der Waals surface area contributed by atoms with Crippen LogP contribution in [0.1, 0.15) is 5.56 Å². The molecule has 0 saturated heterocycles. The molecular weight excluding hydrogens is 200 g/mol. The highest BCUT2D eigenvalue weighted by Crippen LogP contribution is 2.30. The van der Waals surface area contributed by atoms with Gasteiger partial charge in [0.1, 0.15) is 5.75 Å². The van der Waals surface area contributed by atoms with Gasteiger partial charge in [-0.05, 0) is 5.39 Å². The average molecular weight is 214 g/mol. The Bertz CT molecular complexity index is 503. The van der Waals surface area contributed by atoms with Crippen molar-refractivity contribution in [1.82, 2.24) is 0 Å². The van der Waals surface area contributed by atoms with Crippen molar-refractivity contribution in [2.24, 2.45) is 0 Å².